The van der Waals surface area contributed by atoms with Crippen LogP contribution in [0.5, 0.6) is 0 Å². The number of alkyl halides is 6. The molecule has 0 saturated heterocycles. The molecule has 0 saturated carbocycles. The van der Waals surface area contributed by atoms with Crippen LogP contribution in [-0.2, 0) is 45.0 Å². The minimum Gasteiger partial charge on any atom is -0.351 e. The van der Waals surface area contributed by atoms with Gasteiger partial charge in [-0.05, 0) is 19.4 Å². The van der Waals surface area contributed by atoms with Gasteiger partial charge in [0.1, 0.15) is 16.5 Å². The molecule has 16 heteroatoms. The summed E-state index contributed by atoms with van der Waals surface area (Å²) in [5.41, 5.74) is -0.947. The summed E-state index contributed by atoms with van der Waals surface area (Å²) in [4.78, 5) is 18.4. The highest BCUT2D eigenvalue weighted by atomic mass is 32.1. The van der Waals surface area contributed by atoms with E-state index in [1.807, 2.05) is 6.07 Å². The van der Waals surface area contributed by atoms with Crippen LogP contribution in [0.1, 0.15) is 48.3 Å². The van der Waals surface area contributed by atoms with Crippen molar-refractivity contribution in [2.45, 2.75) is 65.2 Å². The van der Waals surface area contributed by atoms with E-state index in [9.17, 15) is 26.3 Å². The predicted octanol–water partition coefficient (Wildman–Crippen LogP) is 5.15. The fourth-order valence-electron chi connectivity index (χ4n) is 4.59. The third-order valence-corrected chi connectivity index (χ3v) is 7.51. The van der Waals surface area contributed by atoms with Crippen molar-refractivity contribution in [3.63, 3.8) is 0 Å². The van der Waals surface area contributed by atoms with Gasteiger partial charge < -0.3 is 18.9 Å². The summed E-state index contributed by atoms with van der Waals surface area (Å²) in [5, 5.41) is 7.89. The number of aryl methyl sites for hydroxylation is 1. The zero-order valence-corrected chi connectivity index (χ0v) is 22.1. The molecule has 0 atom stereocenters. The molecule has 39 heavy (non-hydrogen) atoms. The third kappa shape index (κ3) is 5.25. The molecule has 0 bridgehead atoms. The number of imidazole rings is 1. The zero-order valence-electron chi connectivity index (χ0n) is 21.3. The Kier molecular flexibility index (Phi) is 6.93. The predicted molar refractivity (Wildman–Crippen MR) is 132 cm³/mol. The minimum atomic E-state index is -4.64. The van der Waals surface area contributed by atoms with E-state index in [4.69, 9.17) is 9.97 Å². The van der Waals surface area contributed by atoms with E-state index in [0.29, 0.717) is 23.1 Å². The highest BCUT2D eigenvalue weighted by Crippen LogP contribution is 2.35. The SMILES string of the molecule is CCCc1cc2c(N(C)Cc3nnc(C(F)(F)F)n3CC)nc(N3CCn4cc(C(F)(F)F)nc4C3)nc2s1. The first-order valence-electron chi connectivity index (χ1n) is 12.3. The number of anilines is 2. The molecule has 1 aliphatic rings. The van der Waals surface area contributed by atoms with E-state index in [2.05, 4.69) is 22.1 Å². The maximum atomic E-state index is 13.4. The zero-order chi connectivity index (χ0) is 28.1. The van der Waals surface area contributed by atoms with E-state index < -0.39 is 23.9 Å². The molecule has 4 aromatic heterocycles. The van der Waals surface area contributed by atoms with Crippen LogP contribution in [0.15, 0.2) is 12.3 Å². The third-order valence-electron chi connectivity index (χ3n) is 6.42. The largest absolute Gasteiger partial charge is 0.451 e. The van der Waals surface area contributed by atoms with E-state index in [0.717, 1.165) is 33.9 Å². The molecule has 0 amide bonds. The Bertz CT molecular complexity index is 1490. The average Bonchev–Trinajstić information content (AvgIpc) is 3.58. The molecule has 0 spiro atoms. The van der Waals surface area contributed by atoms with Gasteiger partial charge in [-0.2, -0.15) is 31.3 Å². The second-order valence-corrected chi connectivity index (χ2v) is 10.3. The van der Waals surface area contributed by atoms with Crippen molar-refractivity contribution in [2.75, 3.05) is 23.4 Å². The Hall–Kier alpha value is -3.43. The summed E-state index contributed by atoms with van der Waals surface area (Å²) >= 11 is 1.49. The van der Waals surface area contributed by atoms with Crippen LogP contribution >= 0.6 is 11.3 Å². The van der Waals surface area contributed by atoms with E-state index in [1.165, 1.54) is 15.9 Å². The van der Waals surface area contributed by atoms with Gasteiger partial charge in [0.15, 0.2) is 11.5 Å². The lowest BCUT2D eigenvalue weighted by molar-refractivity contribution is -0.147. The van der Waals surface area contributed by atoms with Crippen LogP contribution < -0.4 is 9.80 Å². The summed E-state index contributed by atoms with van der Waals surface area (Å²) in [7, 11) is 1.70. The highest BCUT2D eigenvalue weighted by Gasteiger charge is 2.38. The Morgan fingerprint density at radius 2 is 1.77 bits per heavy atom. The summed E-state index contributed by atoms with van der Waals surface area (Å²) in [6.07, 6.45) is -6.44. The number of rotatable bonds is 7. The van der Waals surface area contributed by atoms with Crippen LogP contribution in [-0.4, -0.2) is 47.9 Å². The molecule has 0 radical (unpaired) electrons. The van der Waals surface area contributed by atoms with Crippen LogP contribution in [0.3, 0.4) is 0 Å². The van der Waals surface area contributed by atoms with Crippen LogP contribution in [0, 0.1) is 0 Å². The van der Waals surface area contributed by atoms with Crippen molar-refractivity contribution in [3.05, 3.63) is 40.3 Å². The fraction of sp³-hybridized carbons (Fsp3) is 0.522. The van der Waals surface area contributed by atoms with Gasteiger partial charge in [-0.3, -0.25) is 0 Å². The van der Waals surface area contributed by atoms with Gasteiger partial charge >= 0.3 is 12.4 Å². The Morgan fingerprint density at radius 1 is 1.00 bits per heavy atom. The van der Waals surface area contributed by atoms with Crippen LogP contribution in [0.2, 0.25) is 0 Å². The van der Waals surface area contributed by atoms with Crippen molar-refractivity contribution in [3.8, 4) is 0 Å². The molecular formula is C23H25F6N9S. The molecule has 4 aromatic rings. The first-order valence-corrected chi connectivity index (χ1v) is 13.1. The average molecular weight is 574 g/mol. The van der Waals surface area contributed by atoms with Gasteiger partial charge in [0.05, 0.1) is 18.5 Å². The molecule has 9 nitrogen and oxygen atoms in total. The molecule has 0 fully saturated rings. The monoisotopic (exact) mass is 573 g/mol. The fourth-order valence-corrected chi connectivity index (χ4v) is 5.71. The van der Waals surface area contributed by atoms with Gasteiger partial charge in [0.25, 0.3) is 0 Å². The second kappa shape index (κ2) is 9.95. The Labute approximate surface area is 223 Å². The molecule has 0 aromatic carbocycles. The lowest BCUT2D eigenvalue weighted by atomic mass is 10.2. The van der Waals surface area contributed by atoms with Crippen molar-refractivity contribution < 1.29 is 26.3 Å². The molecule has 210 valence electrons. The second-order valence-electron chi connectivity index (χ2n) is 9.22. The van der Waals surface area contributed by atoms with E-state index in [1.54, 1.807) is 23.8 Å². The molecular weight excluding hydrogens is 548 g/mol. The minimum absolute atomic E-state index is 0.000774. The maximum absolute atomic E-state index is 13.4. The molecule has 0 unspecified atom stereocenters. The molecule has 5 heterocycles. The lowest BCUT2D eigenvalue weighted by Gasteiger charge is -2.28. The summed E-state index contributed by atoms with van der Waals surface area (Å²) in [6.45, 7) is 4.39. The molecule has 1 aliphatic heterocycles. The summed E-state index contributed by atoms with van der Waals surface area (Å²) in [6, 6.07) is 1.98. The quantitative estimate of drug-likeness (QED) is 0.283. The van der Waals surface area contributed by atoms with Crippen molar-refractivity contribution in [1.82, 2.24) is 34.3 Å². The van der Waals surface area contributed by atoms with Gasteiger partial charge in [0.2, 0.25) is 11.8 Å². The van der Waals surface area contributed by atoms with Crippen LogP contribution in [0.25, 0.3) is 10.2 Å². The smallest absolute Gasteiger partial charge is 0.351 e. The number of hydrogen-bond acceptors (Lipinski definition) is 8. The van der Waals surface area contributed by atoms with E-state index in [-0.39, 0.29) is 37.8 Å². The van der Waals surface area contributed by atoms with Gasteiger partial charge in [-0.25, -0.2) is 9.97 Å². The number of fused-ring (bicyclic) bond motifs is 2. The topological polar surface area (TPSA) is 80.8 Å². The van der Waals surface area contributed by atoms with Crippen molar-refractivity contribution in [2.24, 2.45) is 0 Å². The van der Waals surface area contributed by atoms with Gasteiger partial charge in [-0.1, -0.05) is 13.3 Å². The van der Waals surface area contributed by atoms with E-state index >= 15 is 0 Å². The summed E-state index contributed by atoms with van der Waals surface area (Å²) < 4.78 is 82.2. The van der Waals surface area contributed by atoms with Gasteiger partial charge in [0, 0.05) is 37.8 Å². The lowest BCUT2D eigenvalue weighted by Crippen LogP contribution is -2.35. The highest BCUT2D eigenvalue weighted by molar-refractivity contribution is 7.18. The summed E-state index contributed by atoms with van der Waals surface area (Å²) in [5.74, 6) is 0.109. The number of nitrogens with zero attached hydrogens (tertiary/aromatic N) is 9. The number of hydrogen-bond donors (Lipinski definition) is 0. The molecule has 0 aliphatic carbocycles. The maximum Gasteiger partial charge on any atom is 0.451 e. The molecule has 0 N–H and O–H groups in total. The van der Waals surface area contributed by atoms with Crippen molar-refractivity contribution in [1.29, 1.82) is 0 Å². The number of halogens is 6. The Morgan fingerprint density at radius 3 is 2.44 bits per heavy atom. The number of thiophene rings is 1. The van der Waals surface area contributed by atoms with Crippen molar-refractivity contribution >= 4 is 33.3 Å². The standard InChI is InChI=1S/C23H25F6N9S/c1-4-6-13-9-14-18(35(3)11-17-33-34-20(23(27,28)29)38(17)5-2)31-21(32-19(14)39-13)37-8-7-36-10-15(22(24,25)26)30-16(36)12-37/h9-10H,4-8,11-12H2,1-3H3. The first-order chi connectivity index (χ1) is 18.4. The Balaban J connectivity index is 1.51. The first kappa shape index (κ1) is 27.1. The number of aromatic nitrogens is 7. The normalized spacial score (nSPS) is 14.3. The molecule has 5 rings (SSSR count). The van der Waals surface area contributed by atoms with Crippen LogP contribution in [0.4, 0.5) is 38.1 Å². The van der Waals surface area contributed by atoms with Gasteiger partial charge in [-0.15, -0.1) is 21.5 Å².